The van der Waals surface area contributed by atoms with Crippen LogP contribution in [0.2, 0.25) is 0 Å². The zero-order chi connectivity index (χ0) is 22.4. The second-order valence-corrected chi connectivity index (χ2v) is 8.40. The van der Waals surface area contributed by atoms with E-state index >= 15 is 0 Å². The molecule has 168 valence electrons. The number of carbonyl (C=O) groups excluding carboxylic acids is 1. The summed E-state index contributed by atoms with van der Waals surface area (Å²) in [5, 5.41) is 10.6. The van der Waals surface area contributed by atoms with Gasteiger partial charge >= 0.3 is 0 Å². The van der Waals surface area contributed by atoms with Crippen LogP contribution < -0.4 is 5.32 Å². The molecule has 0 spiro atoms. The molecule has 0 saturated carbocycles. The van der Waals surface area contributed by atoms with Crippen molar-refractivity contribution in [3.63, 3.8) is 0 Å². The fraction of sp³-hybridized carbons (Fsp3) is 0.360. The van der Waals surface area contributed by atoms with Gasteiger partial charge in [0, 0.05) is 55.6 Å². The largest absolute Gasteiger partial charge is 0.385 e. The van der Waals surface area contributed by atoms with Gasteiger partial charge in [-0.3, -0.25) is 14.8 Å². The van der Waals surface area contributed by atoms with Crippen molar-refractivity contribution < 1.29 is 13.9 Å². The van der Waals surface area contributed by atoms with Crippen LogP contribution in [0.1, 0.15) is 35.2 Å². The number of benzene rings is 2. The number of nitrogens with one attached hydrogen (secondary N) is 2. The van der Waals surface area contributed by atoms with Crippen molar-refractivity contribution in [2.45, 2.75) is 31.3 Å². The second kappa shape index (κ2) is 10.1. The molecule has 0 aliphatic carbocycles. The molecule has 2 N–H and O–H groups in total. The summed E-state index contributed by atoms with van der Waals surface area (Å²) in [6, 6.07) is 15.8. The van der Waals surface area contributed by atoms with Gasteiger partial charge in [-0.05, 0) is 55.7 Å². The lowest BCUT2D eigenvalue weighted by Gasteiger charge is -2.42. The maximum Gasteiger partial charge on any atom is 0.251 e. The first-order valence-corrected chi connectivity index (χ1v) is 11.0. The quantitative estimate of drug-likeness (QED) is 0.560. The molecule has 1 aliphatic rings. The van der Waals surface area contributed by atoms with Gasteiger partial charge in [0.05, 0.1) is 11.9 Å². The van der Waals surface area contributed by atoms with Crippen molar-refractivity contribution in [1.82, 2.24) is 20.4 Å². The second-order valence-electron chi connectivity index (χ2n) is 8.40. The van der Waals surface area contributed by atoms with Crippen LogP contribution in [0.3, 0.4) is 0 Å². The number of hydrogen-bond acceptors (Lipinski definition) is 4. The summed E-state index contributed by atoms with van der Waals surface area (Å²) in [6.07, 6.45) is 4.31. The smallest absolute Gasteiger partial charge is 0.251 e. The Kier molecular flexibility index (Phi) is 6.97. The Morgan fingerprint density at radius 1 is 1.16 bits per heavy atom. The number of nitrogens with zero attached hydrogens (tertiary/aromatic N) is 2. The molecular formula is C25H29FN4O2. The summed E-state index contributed by atoms with van der Waals surface area (Å²) in [4.78, 5) is 15.2. The molecule has 6 nitrogen and oxygen atoms in total. The third-order valence-corrected chi connectivity index (χ3v) is 6.26. The molecule has 1 aliphatic heterocycles. The molecule has 1 aromatic heterocycles. The zero-order valence-electron chi connectivity index (χ0n) is 18.3. The average Bonchev–Trinajstić information content (AvgIpc) is 3.28. The van der Waals surface area contributed by atoms with Crippen molar-refractivity contribution in [3.05, 3.63) is 77.7 Å². The van der Waals surface area contributed by atoms with E-state index in [1.165, 1.54) is 12.1 Å². The predicted molar refractivity (Wildman–Crippen MR) is 122 cm³/mol. The highest BCUT2D eigenvalue weighted by Crippen LogP contribution is 2.29. The van der Waals surface area contributed by atoms with Crippen LogP contribution in [0.4, 0.5) is 4.39 Å². The maximum atomic E-state index is 13.3. The number of methoxy groups -OCH3 is 1. The highest BCUT2D eigenvalue weighted by Gasteiger charge is 2.36. The number of hydrogen-bond donors (Lipinski definition) is 2. The summed E-state index contributed by atoms with van der Waals surface area (Å²) >= 11 is 0. The van der Waals surface area contributed by atoms with E-state index in [-0.39, 0.29) is 17.3 Å². The molecule has 4 rings (SSSR count). The van der Waals surface area contributed by atoms with Crippen LogP contribution in [0.5, 0.6) is 0 Å². The monoisotopic (exact) mass is 436 g/mol. The highest BCUT2D eigenvalue weighted by molar-refractivity contribution is 5.94. The van der Waals surface area contributed by atoms with Gasteiger partial charge in [0.15, 0.2) is 0 Å². The Labute approximate surface area is 187 Å². The number of amides is 1. The molecule has 32 heavy (non-hydrogen) atoms. The van der Waals surface area contributed by atoms with Gasteiger partial charge in [-0.1, -0.05) is 18.2 Å². The minimum absolute atomic E-state index is 0.0383. The highest BCUT2D eigenvalue weighted by atomic mass is 19.1. The molecule has 1 saturated heterocycles. The van der Waals surface area contributed by atoms with E-state index in [2.05, 4.69) is 20.4 Å². The lowest BCUT2D eigenvalue weighted by Crippen LogP contribution is -2.55. The molecule has 0 bridgehead atoms. The van der Waals surface area contributed by atoms with Gasteiger partial charge in [-0.2, -0.15) is 5.10 Å². The van der Waals surface area contributed by atoms with E-state index in [1.807, 2.05) is 36.5 Å². The summed E-state index contributed by atoms with van der Waals surface area (Å²) < 4.78 is 18.6. The standard InChI is InChI=1S/C25H29FN4O2/c1-32-16-13-25(28-24(31)20-5-3-2-4-6-20)11-14-30(15-12-25)18-21-17-27-29-23(21)19-7-9-22(26)10-8-19/h2-10,17H,11-16,18H2,1H3,(H,27,29)(H,28,31). The van der Waals surface area contributed by atoms with Crippen molar-refractivity contribution in [2.24, 2.45) is 0 Å². The number of aromatic amines is 1. The van der Waals surface area contributed by atoms with Crippen LogP contribution in [0.15, 0.2) is 60.8 Å². The lowest BCUT2D eigenvalue weighted by molar-refractivity contribution is 0.0691. The van der Waals surface area contributed by atoms with Gasteiger partial charge in [0.25, 0.3) is 5.91 Å². The number of piperidine rings is 1. The Hall–Kier alpha value is -3.03. The Bertz CT molecular complexity index is 1010. The first-order valence-electron chi connectivity index (χ1n) is 11.0. The Balaban J connectivity index is 1.42. The van der Waals surface area contributed by atoms with Gasteiger partial charge in [-0.15, -0.1) is 0 Å². The summed E-state index contributed by atoms with van der Waals surface area (Å²) in [7, 11) is 1.69. The molecule has 7 heteroatoms. The number of rotatable bonds is 8. The fourth-order valence-corrected chi connectivity index (χ4v) is 4.32. The first-order chi connectivity index (χ1) is 15.6. The number of carbonyl (C=O) groups is 1. The molecule has 1 fully saturated rings. The fourth-order valence-electron chi connectivity index (χ4n) is 4.32. The summed E-state index contributed by atoms with van der Waals surface area (Å²) in [5.41, 5.74) is 3.30. The number of likely N-dealkylation sites (tertiary alicyclic amines) is 1. The predicted octanol–water partition coefficient (Wildman–Crippen LogP) is 4.02. The van der Waals surface area contributed by atoms with Crippen LogP contribution in [0.25, 0.3) is 11.3 Å². The molecule has 2 aromatic carbocycles. The average molecular weight is 437 g/mol. The minimum atomic E-state index is -0.282. The number of aromatic nitrogens is 2. The van der Waals surface area contributed by atoms with Gasteiger partial charge in [0.1, 0.15) is 5.82 Å². The third kappa shape index (κ3) is 5.23. The molecule has 1 amide bonds. The minimum Gasteiger partial charge on any atom is -0.385 e. The molecular weight excluding hydrogens is 407 g/mol. The summed E-state index contributed by atoms with van der Waals surface area (Å²) in [6.45, 7) is 3.06. The first kappa shape index (κ1) is 22.2. The van der Waals surface area contributed by atoms with Crippen molar-refractivity contribution in [2.75, 3.05) is 26.8 Å². The van der Waals surface area contributed by atoms with Crippen molar-refractivity contribution in [3.8, 4) is 11.3 Å². The van der Waals surface area contributed by atoms with Crippen LogP contribution >= 0.6 is 0 Å². The molecule has 0 radical (unpaired) electrons. The normalized spacial score (nSPS) is 16.1. The lowest BCUT2D eigenvalue weighted by atomic mass is 9.84. The van der Waals surface area contributed by atoms with E-state index in [0.717, 1.165) is 55.7 Å². The van der Waals surface area contributed by atoms with Crippen LogP contribution in [-0.4, -0.2) is 53.3 Å². The molecule has 3 aromatic rings. The Morgan fingerprint density at radius 3 is 2.56 bits per heavy atom. The van der Waals surface area contributed by atoms with E-state index in [9.17, 15) is 9.18 Å². The number of H-pyrrole nitrogens is 1. The summed E-state index contributed by atoms with van der Waals surface area (Å²) in [5.74, 6) is -0.292. The van der Waals surface area contributed by atoms with E-state index in [4.69, 9.17) is 4.74 Å². The SMILES string of the molecule is COCCC1(NC(=O)c2ccccc2)CCN(Cc2cn[nH]c2-c2ccc(F)cc2)CC1. The van der Waals surface area contributed by atoms with E-state index in [1.54, 1.807) is 19.2 Å². The maximum absolute atomic E-state index is 13.3. The van der Waals surface area contributed by atoms with Crippen molar-refractivity contribution in [1.29, 1.82) is 0 Å². The third-order valence-electron chi connectivity index (χ3n) is 6.26. The van der Waals surface area contributed by atoms with Crippen LogP contribution in [-0.2, 0) is 11.3 Å². The molecule has 2 heterocycles. The van der Waals surface area contributed by atoms with Crippen molar-refractivity contribution >= 4 is 5.91 Å². The number of halogens is 1. The van der Waals surface area contributed by atoms with Crippen LogP contribution in [0, 0.1) is 5.82 Å². The molecule has 0 unspecified atom stereocenters. The zero-order valence-corrected chi connectivity index (χ0v) is 18.3. The topological polar surface area (TPSA) is 70.2 Å². The van der Waals surface area contributed by atoms with Gasteiger partial charge in [0.2, 0.25) is 0 Å². The van der Waals surface area contributed by atoms with E-state index < -0.39 is 0 Å². The number of ether oxygens (including phenoxy) is 1. The van der Waals surface area contributed by atoms with Gasteiger partial charge < -0.3 is 10.1 Å². The van der Waals surface area contributed by atoms with Gasteiger partial charge in [-0.25, -0.2) is 4.39 Å². The molecule has 0 atom stereocenters. The Morgan fingerprint density at radius 2 is 1.88 bits per heavy atom. The van der Waals surface area contributed by atoms with E-state index in [0.29, 0.717) is 12.2 Å².